The summed E-state index contributed by atoms with van der Waals surface area (Å²) in [6.07, 6.45) is 0. The molecule has 0 radical (unpaired) electrons. The van der Waals surface area contributed by atoms with Crippen molar-refractivity contribution in [3.8, 4) is 11.4 Å². The van der Waals surface area contributed by atoms with Crippen LogP contribution in [0.15, 0.2) is 48.5 Å². The van der Waals surface area contributed by atoms with Crippen molar-refractivity contribution in [2.75, 3.05) is 38.0 Å². The fourth-order valence-electron chi connectivity index (χ4n) is 2.76. The third-order valence-electron chi connectivity index (χ3n) is 4.25. The Labute approximate surface area is 152 Å². The van der Waals surface area contributed by atoms with Gasteiger partial charge in [0, 0.05) is 39.0 Å². The highest BCUT2D eigenvalue weighted by molar-refractivity contribution is 5.82. The first-order valence-corrected chi connectivity index (χ1v) is 8.42. The Morgan fingerprint density at radius 1 is 0.500 bits per heavy atom. The predicted molar refractivity (Wildman–Crippen MR) is 107 cm³/mol. The molecule has 0 amide bonds. The van der Waals surface area contributed by atoms with Crippen LogP contribution in [0.25, 0.3) is 33.5 Å². The summed E-state index contributed by atoms with van der Waals surface area (Å²) in [5, 5.41) is 2.02. The Bertz CT molecular complexity index is 1010. The maximum Gasteiger partial charge on any atom is 0.162 e. The van der Waals surface area contributed by atoms with Crippen molar-refractivity contribution in [2.45, 2.75) is 0 Å². The number of anilines is 2. The fraction of sp³-hybridized carbons (Fsp3) is 0.200. The highest BCUT2D eigenvalue weighted by Gasteiger charge is 2.08. The summed E-state index contributed by atoms with van der Waals surface area (Å²) >= 11 is 0. The van der Waals surface area contributed by atoms with E-state index in [0.29, 0.717) is 11.3 Å². The van der Waals surface area contributed by atoms with Gasteiger partial charge in [0.15, 0.2) is 11.3 Å². The van der Waals surface area contributed by atoms with Crippen LogP contribution in [-0.4, -0.2) is 48.1 Å². The van der Waals surface area contributed by atoms with Gasteiger partial charge >= 0.3 is 0 Å². The second kappa shape index (κ2) is 6.22. The predicted octanol–water partition coefficient (Wildman–Crippen LogP) is 3.37. The van der Waals surface area contributed by atoms with Gasteiger partial charge in [0.2, 0.25) is 0 Å². The van der Waals surface area contributed by atoms with Crippen LogP contribution >= 0.6 is 0 Å². The molecule has 0 atom stereocenters. The lowest BCUT2D eigenvalue weighted by Gasteiger charge is -2.12. The van der Waals surface area contributed by atoms with Crippen molar-refractivity contribution in [1.82, 2.24) is 19.9 Å². The summed E-state index contributed by atoms with van der Waals surface area (Å²) in [4.78, 5) is 22.6. The van der Waals surface area contributed by atoms with Gasteiger partial charge in [-0.3, -0.25) is 0 Å². The standard InChI is InChI=1S/C20H20N6/c1-25(2)17-11-7-13-5-9-15(21-19(13)23-17)16-10-6-14-8-12-18(26(3)4)24-20(14)22-16/h5-12H,1-4H3. The molecule has 6 nitrogen and oxygen atoms in total. The quantitative estimate of drug-likeness (QED) is 0.568. The van der Waals surface area contributed by atoms with E-state index >= 15 is 0 Å². The molecule has 0 aliphatic carbocycles. The summed E-state index contributed by atoms with van der Waals surface area (Å²) in [6, 6.07) is 16.1. The van der Waals surface area contributed by atoms with Crippen LogP contribution in [-0.2, 0) is 0 Å². The molecule has 0 bridgehead atoms. The molecule has 0 aliphatic heterocycles. The molecule has 0 unspecified atom stereocenters. The van der Waals surface area contributed by atoms with Gasteiger partial charge in [-0.25, -0.2) is 19.9 Å². The van der Waals surface area contributed by atoms with Crippen LogP contribution in [0.1, 0.15) is 0 Å². The van der Waals surface area contributed by atoms with Crippen molar-refractivity contribution in [2.24, 2.45) is 0 Å². The van der Waals surface area contributed by atoms with Crippen molar-refractivity contribution in [3.63, 3.8) is 0 Å². The van der Waals surface area contributed by atoms with Crippen LogP contribution < -0.4 is 9.80 Å². The van der Waals surface area contributed by atoms with E-state index in [1.165, 1.54) is 0 Å². The third kappa shape index (κ3) is 2.90. The lowest BCUT2D eigenvalue weighted by Crippen LogP contribution is -2.10. The fourth-order valence-corrected chi connectivity index (χ4v) is 2.76. The summed E-state index contributed by atoms with van der Waals surface area (Å²) in [5.41, 5.74) is 3.01. The van der Waals surface area contributed by atoms with Crippen molar-refractivity contribution in [3.05, 3.63) is 48.5 Å². The number of aromatic nitrogens is 4. The van der Waals surface area contributed by atoms with Gasteiger partial charge in [0.1, 0.15) is 11.6 Å². The Morgan fingerprint density at radius 3 is 1.27 bits per heavy atom. The Hall–Kier alpha value is -3.28. The zero-order chi connectivity index (χ0) is 18.3. The molecule has 4 rings (SSSR count). The molecular weight excluding hydrogens is 324 g/mol. The van der Waals surface area contributed by atoms with Gasteiger partial charge in [0.25, 0.3) is 0 Å². The molecule has 0 aromatic carbocycles. The van der Waals surface area contributed by atoms with Crippen LogP contribution in [0.3, 0.4) is 0 Å². The normalized spacial score (nSPS) is 11.1. The van der Waals surface area contributed by atoms with E-state index in [4.69, 9.17) is 9.97 Å². The molecule has 130 valence electrons. The smallest absolute Gasteiger partial charge is 0.162 e. The second-order valence-corrected chi connectivity index (χ2v) is 6.61. The van der Waals surface area contributed by atoms with Crippen LogP contribution in [0.4, 0.5) is 11.6 Å². The molecular formula is C20H20N6. The van der Waals surface area contributed by atoms with E-state index in [2.05, 4.69) is 9.97 Å². The Balaban J connectivity index is 1.82. The highest BCUT2D eigenvalue weighted by Crippen LogP contribution is 2.23. The topological polar surface area (TPSA) is 58.0 Å². The maximum atomic E-state index is 4.71. The molecule has 4 aromatic heterocycles. The molecule has 6 heteroatoms. The summed E-state index contributed by atoms with van der Waals surface area (Å²) < 4.78 is 0. The number of nitrogens with zero attached hydrogens (tertiary/aromatic N) is 6. The molecule has 0 saturated heterocycles. The maximum absolute atomic E-state index is 4.71. The zero-order valence-electron chi connectivity index (χ0n) is 15.3. The highest BCUT2D eigenvalue weighted by atomic mass is 15.1. The number of rotatable bonds is 3. The molecule has 4 aromatic rings. The average Bonchev–Trinajstić information content (AvgIpc) is 2.66. The van der Waals surface area contributed by atoms with Gasteiger partial charge in [0.05, 0.1) is 11.4 Å². The minimum Gasteiger partial charge on any atom is -0.363 e. The number of pyridine rings is 4. The minimum atomic E-state index is 0.714. The van der Waals surface area contributed by atoms with Gasteiger partial charge < -0.3 is 9.80 Å². The lowest BCUT2D eigenvalue weighted by molar-refractivity contribution is 1.07. The van der Waals surface area contributed by atoms with Gasteiger partial charge in [-0.2, -0.15) is 0 Å². The molecule has 0 spiro atoms. The summed E-state index contributed by atoms with van der Waals surface area (Å²) in [6.45, 7) is 0. The van der Waals surface area contributed by atoms with E-state index in [9.17, 15) is 0 Å². The first kappa shape index (κ1) is 16.2. The van der Waals surface area contributed by atoms with Crippen LogP contribution in [0.2, 0.25) is 0 Å². The zero-order valence-corrected chi connectivity index (χ0v) is 15.3. The number of hydrogen-bond acceptors (Lipinski definition) is 6. The first-order valence-electron chi connectivity index (χ1n) is 8.42. The summed E-state index contributed by atoms with van der Waals surface area (Å²) in [5.74, 6) is 1.76. The van der Waals surface area contributed by atoms with Crippen molar-refractivity contribution < 1.29 is 0 Å². The van der Waals surface area contributed by atoms with E-state index in [-0.39, 0.29) is 0 Å². The van der Waals surface area contributed by atoms with E-state index in [0.717, 1.165) is 33.8 Å². The monoisotopic (exact) mass is 344 g/mol. The molecule has 26 heavy (non-hydrogen) atoms. The molecule has 0 saturated carbocycles. The van der Waals surface area contributed by atoms with Crippen molar-refractivity contribution in [1.29, 1.82) is 0 Å². The first-order chi connectivity index (χ1) is 12.5. The molecule has 0 fully saturated rings. The average molecular weight is 344 g/mol. The third-order valence-corrected chi connectivity index (χ3v) is 4.25. The molecule has 0 N–H and O–H groups in total. The van der Waals surface area contributed by atoms with Gasteiger partial charge in [-0.05, 0) is 48.5 Å². The number of fused-ring (bicyclic) bond motifs is 2. The largest absolute Gasteiger partial charge is 0.363 e. The van der Waals surface area contributed by atoms with Gasteiger partial charge in [-0.1, -0.05) is 0 Å². The minimum absolute atomic E-state index is 0.714. The Morgan fingerprint density at radius 2 is 0.885 bits per heavy atom. The number of hydrogen-bond donors (Lipinski definition) is 0. The van der Waals surface area contributed by atoms with Crippen LogP contribution in [0, 0.1) is 0 Å². The van der Waals surface area contributed by atoms with Crippen molar-refractivity contribution >= 4 is 33.7 Å². The summed E-state index contributed by atoms with van der Waals surface area (Å²) in [7, 11) is 7.88. The SMILES string of the molecule is CN(C)c1ccc2ccc(-c3ccc4ccc(N(C)C)nc4n3)nc2n1. The lowest BCUT2D eigenvalue weighted by atomic mass is 10.2. The second-order valence-electron chi connectivity index (χ2n) is 6.61. The Kier molecular flexibility index (Phi) is 3.88. The molecule has 4 heterocycles. The van der Waals surface area contributed by atoms with E-state index in [1.807, 2.05) is 86.5 Å². The van der Waals surface area contributed by atoms with E-state index in [1.54, 1.807) is 0 Å². The van der Waals surface area contributed by atoms with E-state index < -0.39 is 0 Å². The van der Waals surface area contributed by atoms with Crippen LogP contribution in [0.5, 0.6) is 0 Å². The van der Waals surface area contributed by atoms with Gasteiger partial charge in [-0.15, -0.1) is 0 Å². The molecule has 0 aliphatic rings.